The Hall–Kier alpha value is -0.450. The van der Waals surface area contributed by atoms with Gasteiger partial charge in [-0.3, -0.25) is 0 Å². The van der Waals surface area contributed by atoms with Gasteiger partial charge in [0.05, 0.1) is 17.8 Å². The highest BCUT2D eigenvalue weighted by atomic mass is 32.1. The summed E-state index contributed by atoms with van der Waals surface area (Å²) in [6.45, 7) is 10.4. The van der Waals surface area contributed by atoms with E-state index in [2.05, 4.69) is 38.4 Å². The molecule has 1 rings (SSSR count). The average Bonchev–Trinajstić information content (AvgIpc) is 2.79. The smallest absolute Gasteiger partial charge is 0.113 e. The molecule has 0 bridgehead atoms. The van der Waals surface area contributed by atoms with Gasteiger partial charge in [-0.15, -0.1) is 11.3 Å². The van der Waals surface area contributed by atoms with Crippen molar-refractivity contribution in [2.45, 2.75) is 52.0 Å². The van der Waals surface area contributed by atoms with Gasteiger partial charge >= 0.3 is 0 Å². The summed E-state index contributed by atoms with van der Waals surface area (Å²) in [6.07, 6.45) is 2.24. The van der Waals surface area contributed by atoms with Crippen LogP contribution in [0.3, 0.4) is 0 Å². The van der Waals surface area contributed by atoms with Crippen molar-refractivity contribution >= 4 is 11.3 Å². The molecule has 3 nitrogen and oxygen atoms in total. The largest absolute Gasteiger partial charge is 0.383 e. The van der Waals surface area contributed by atoms with Crippen LogP contribution in [0, 0.1) is 0 Å². The number of hydrogen-bond donors (Lipinski definition) is 1. The second-order valence-corrected chi connectivity index (χ2v) is 6.09. The van der Waals surface area contributed by atoms with E-state index in [4.69, 9.17) is 9.72 Å². The summed E-state index contributed by atoms with van der Waals surface area (Å²) in [5, 5.41) is 6.97. The first kappa shape index (κ1) is 15.6. The highest BCUT2D eigenvalue weighted by Crippen LogP contribution is 2.30. The Morgan fingerprint density at radius 3 is 2.72 bits per heavy atom. The zero-order valence-corrected chi connectivity index (χ0v) is 13.1. The van der Waals surface area contributed by atoms with Crippen molar-refractivity contribution in [1.29, 1.82) is 0 Å². The zero-order chi connectivity index (χ0) is 13.6. The molecule has 0 saturated carbocycles. The van der Waals surface area contributed by atoms with Gasteiger partial charge in [0.15, 0.2) is 0 Å². The van der Waals surface area contributed by atoms with Crippen molar-refractivity contribution in [2.75, 3.05) is 20.3 Å². The molecule has 1 N–H and O–H groups in total. The molecule has 1 aromatic rings. The van der Waals surface area contributed by atoms with Crippen molar-refractivity contribution in [3.8, 4) is 0 Å². The first-order chi connectivity index (χ1) is 8.53. The van der Waals surface area contributed by atoms with Crippen LogP contribution in [0.15, 0.2) is 5.38 Å². The van der Waals surface area contributed by atoms with E-state index >= 15 is 0 Å². The molecule has 18 heavy (non-hydrogen) atoms. The second kappa shape index (κ2) is 7.22. The zero-order valence-electron chi connectivity index (χ0n) is 12.2. The quantitative estimate of drug-likeness (QED) is 0.734. The van der Waals surface area contributed by atoms with Crippen LogP contribution in [0.5, 0.6) is 0 Å². The molecule has 0 radical (unpaired) electrons. The van der Waals surface area contributed by atoms with E-state index < -0.39 is 0 Å². The van der Waals surface area contributed by atoms with Gasteiger partial charge in [0.1, 0.15) is 5.01 Å². The summed E-state index contributed by atoms with van der Waals surface area (Å²) >= 11 is 1.77. The molecule has 1 heterocycles. The van der Waals surface area contributed by atoms with Crippen LogP contribution in [-0.2, 0) is 10.3 Å². The molecular formula is C14H26N2OS. The van der Waals surface area contributed by atoms with Crippen LogP contribution < -0.4 is 5.32 Å². The predicted molar refractivity (Wildman–Crippen MR) is 78.3 cm³/mol. The fourth-order valence-electron chi connectivity index (χ4n) is 2.00. The van der Waals surface area contributed by atoms with E-state index in [1.807, 2.05) is 0 Å². The Balaban J connectivity index is 2.80. The van der Waals surface area contributed by atoms with Gasteiger partial charge < -0.3 is 10.1 Å². The van der Waals surface area contributed by atoms with Crippen LogP contribution >= 0.6 is 11.3 Å². The molecule has 1 unspecified atom stereocenters. The molecule has 0 aliphatic heterocycles. The van der Waals surface area contributed by atoms with E-state index in [-0.39, 0.29) is 5.54 Å². The van der Waals surface area contributed by atoms with Crippen molar-refractivity contribution in [2.24, 2.45) is 0 Å². The van der Waals surface area contributed by atoms with Crippen LogP contribution in [-0.4, -0.2) is 25.2 Å². The maximum absolute atomic E-state index is 5.12. The number of aromatic nitrogens is 1. The predicted octanol–water partition coefficient (Wildman–Crippen LogP) is 3.52. The maximum Gasteiger partial charge on any atom is 0.113 e. The molecule has 104 valence electrons. The first-order valence-electron chi connectivity index (χ1n) is 6.73. The maximum atomic E-state index is 5.12. The Morgan fingerprint density at radius 2 is 2.22 bits per heavy atom. The highest BCUT2D eigenvalue weighted by Gasteiger charge is 2.28. The van der Waals surface area contributed by atoms with Gasteiger partial charge in [0.2, 0.25) is 0 Å². The van der Waals surface area contributed by atoms with E-state index in [1.165, 1.54) is 10.7 Å². The minimum absolute atomic E-state index is 0.0227. The van der Waals surface area contributed by atoms with Crippen LogP contribution in [0.25, 0.3) is 0 Å². The molecule has 0 aromatic carbocycles. The molecular weight excluding hydrogens is 244 g/mol. The van der Waals surface area contributed by atoms with Gasteiger partial charge in [-0.05, 0) is 19.3 Å². The SMILES string of the molecule is CCCC(C)(NCCOC)c1nc(C(C)C)cs1. The fourth-order valence-corrected chi connectivity index (χ4v) is 3.15. The number of hydrogen-bond acceptors (Lipinski definition) is 4. The summed E-state index contributed by atoms with van der Waals surface area (Å²) < 4.78 is 5.12. The van der Waals surface area contributed by atoms with Crippen molar-refractivity contribution < 1.29 is 4.74 Å². The lowest BCUT2D eigenvalue weighted by Crippen LogP contribution is -2.41. The number of nitrogens with zero attached hydrogens (tertiary/aromatic N) is 1. The van der Waals surface area contributed by atoms with Gasteiger partial charge in [-0.2, -0.15) is 0 Å². The molecule has 0 aliphatic carbocycles. The Kier molecular flexibility index (Phi) is 6.26. The van der Waals surface area contributed by atoms with Crippen molar-refractivity contribution in [3.05, 3.63) is 16.1 Å². The Morgan fingerprint density at radius 1 is 1.50 bits per heavy atom. The summed E-state index contributed by atoms with van der Waals surface area (Å²) in [5.41, 5.74) is 1.18. The topological polar surface area (TPSA) is 34.1 Å². The van der Waals surface area contributed by atoms with E-state index in [1.54, 1.807) is 18.4 Å². The standard InChI is InChI=1S/C14H26N2OS/c1-6-7-14(4,15-8-9-17-5)13-16-12(10-18-13)11(2)3/h10-11,15H,6-9H2,1-5H3. The van der Waals surface area contributed by atoms with Crippen LogP contribution in [0.2, 0.25) is 0 Å². The van der Waals surface area contributed by atoms with Crippen LogP contribution in [0.1, 0.15) is 57.2 Å². The molecule has 0 spiro atoms. The third-order valence-corrected chi connectivity index (χ3v) is 4.28. The molecule has 0 fully saturated rings. The van der Waals surface area contributed by atoms with Crippen molar-refractivity contribution in [3.63, 3.8) is 0 Å². The van der Waals surface area contributed by atoms with Gasteiger partial charge in [0.25, 0.3) is 0 Å². The molecule has 0 amide bonds. The number of rotatable bonds is 8. The Bertz CT molecular complexity index is 351. The fraction of sp³-hybridized carbons (Fsp3) is 0.786. The minimum atomic E-state index is -0.0227. The third kappa shape index (κ3) is 4.04. The van der Waals surface area contributed by atoms with E-state index in [0.29, 0.717) is 5.92 Å². The number of ether oxygens (including phenoxy) is 1. The lowest BCUT2D eigenvalue weighted by molar-refractivity contribution is 0.183. The summed E-state index contributed by atoms with van der Waals surface area (Å²) in [7, 11) is 1.74. The summed E-state index contributed by atoms with van der Waals surface area (Å²) in [6, 6.07) is 0. The van der Waals surface area contributed by atoms with Gasteiger partial charge in [0, 0.05) is 19.0 Å². The minimum Gasteiger partial charge on any atom is -0.383 e. The number of thiazole rings is 1. The average molecular weight is 270 g/mol. The van der Waals surface area contributed by atoms with Gasteiger partial charge in [-0.1, -0.05) is 27.2 Å². The molecule has 0 aliphatic rings. The van der Waals surface area contributed by atoms with E-state index in [9.17, 15) is 0 Å². The third-order valence-electron chi connectivity index (χ3n) is 3.16. The van der Waals surface area contributed by atoms with Crippen LogP contribution in [0.4, 0.5) is 0 Å². The number of methoxy groups -OCH3 is 1. The molecule has 1 aromatic heterocycles. The summed E-state index contributed by atoms with van der Waals surface area (Å²) in [5.74, 6) is 0.500. The molecule has 1 atom stereocenters. The van der Waals surface area contributed by atoms with Gasteiger partial charge in [-0.25, -0.2) is 4.98 Å². The monoisotopic (exact) mass is 270 g/mol. The van der Waals surface area contributed by atoms with Crippen molar-refractivity contribution in [1.82, 2.24) is 10.3 Å². The van der Waals surface area contributed by atoms with E-state index in [0.717, 1.165) is 26.0 Å². The normalized spacial score (nSPS) is 15.0. The lowest BCUT2D eigenvalue weighted by atomic mass is 9.97. The molecule has 0 saturated heterocycles. The first-order valence-corrected chi connectivity index (χ1v) is 7.61. The second-order valence-electron chi connectivity index (χ2n) is 5.23. The lowest BCUT2D eigenvalue weighted by Gasteiger charge is -2.28. The Labute approximate surface area is 115 Å². The summed E-state index contributed by atoms with van der Waals surface area (Å²) in [4.78, 5) is 4.79. The highest BCUT2D eigenvalue weighted by molar-refractivity contribution is 7.09. The number of nitrogens with one attached hydrogen (secondary N) is 1. The molecule has 4 heteroatoms.